The summed E-state index contributed by atoms with van der Waals surface area (Å²) >= 11 is 1.35. The van der Waals surface area contributed by atoms with Gasteiger partial charge in [0.2, 0.25) is 5.91 Å². The lowest BCUT2D eigenvalue weighted by Gasteiger charge is -2.23. The number of benzene rings is 2. The molecule has 1 N–H and O–H groups in total. The molecule has 2 heterocycles. The van der Waals surface area contributed by atoms with Gasteiger partial charge in [-0.2, -0.15) is 0 Å². The fraction of sp³-hybridized carbons (Fsp3) is 0.261. The van der Waals surface area contributed by atoms with Crippen LogP contribution < -0.4 is 14.8 Å². The fourth-order valence-electron chi connectivity index (χ4n) is 3.39. The molecule has 0 bridgehead atoms. The third-order valence-electron chi connectivity index (χ3n) is 4.98. The van der Waals surface area contributed by atoms with Crippen LogP contribution >= 0.6 is 11.3 Å². The highest BCUT2D eigenvalue weighted by Gasteiger charge is 2.34. The van der Waals surface area contributed by atoms with E-state index in [1.165, 1.54) is 16.9 Å². The van der Waals surface area contributed by atoms with Gasteiger partial charge in [0.25, 0.3) is 5.91 Å². The van der Waals surface area contributed by atoms with E-state index < -0.39 is 6.04 Å². The zero-order valence-corrected chi connectivity index (χ0v) is 17.9. The Kier molecular flexibility index (Phi) is 6.47. The molecule has 0 aliphatic carbocycles. The van der Waals surface area contributed by atoms with Crippen LogP contribution in [-0.4, -0.2) is 40.9 Å². The van der Waals surface area contributed by atoms with Gasteiger partial charge in [0.1, 0.15) is 23.3 Å². The van der Waals surface area contributed by atoms with Crippen LogP contribution in [0.4, 0.5) is 5.13 Å². The molecule has 1 aromatic heterocycles. The normalized spacial score (nSPS) is 15.5. The molecule has 8 heteroatoms. The van der Waals surface area contributed by atoms with Gasteiger partial charge in [-0.15, -0.1) is 11.3 Å². The van der Waals surface area contributed by atoms with E-state index in [1.54, 1.807) is 40.7 Å². The smallest absolute Gasteiger partial charge is 0.261 e. The minimum Gasteiger partial charge on any atom is -0.484 e. The largest absolute Gasteiger partial charge is 0.484 e. The number of nitrogens with zero attached hydrogens (tertiary/aromatic N) is 2. The quantitative estimate of drug-likeness (QED) is 0.598. The van der Waals surface area contributed by atoms with E-state index in [0.29, 0.717) is 29.6 Å². The summed E-state index contributed by atoms with van der Waals surface area (Å²) in [6, 6.07) is 14.4. The Morgan fingerprint density at radius 1 is 1.10 bits per heavy atom. The van der Waals surface area contributed by atoms with E-state index in [2.05, 4.69) is 10.3 Å². The maximum absolute atomic E-state index is 12.7. The number of anilines is 1. The molecule has 1 fully saturated rings. The number of ether oxygens (including phenoxy) is 2. The number of hydrogen-bond acceptors (Lipinski definition) is 6. The Labute approximate surface area is 184 Å². The molecular formula is C23H23N3O4S. The molecule has 2 aromatic carbocycles. The molecule has 0 radical (unpaired) electrons. The number of carbonyl (C=O) groups excluding carboxylic acids is 2. The van der Waals surface area contributed by atoms with E-state index in [9.17, 15) is 9.59 Å². The Morgan fingerprint density at radius 3 is 2.45 bits per heavy atom. The zero-order chi connectivity index (χ0) is 21.6. The van der Waals surface area contributed by atoms with Crippen LogP contribution in [0.25, 0.3) is 0 Å². The topological polar surface area (TPSA) is 80.8 Å². The summed E-state index contributed by atoms with van der Waals surface area (Å²) in [5.74, 6) is 1.58. The summed E-state index contributed by atoms with van der Waals surface area (Å²) in [4.78, 5) is 30.8. The average molecular weight is 438 g/mol. The highest BCUT2D eigenvalue weighted by molar-refractivity contribution is 7.13. The van der Waals surface area contributed by atoms with Gasteiger partial charge in [0.05, 0.1) is 0 Å². The van der Waals surface area contributed by atoms with Crippen molar-refractivity contribution in [2.75, 3.05) is 18.5 Å². The summed E-state index contributed by atoms with van der Waals surface area (Å²) < 4.78 is 11.4. The third kappa shape index (κ3) is 5.40. The lowest BCUT2D eigenvalue weighted by molar-refractivity contribution is -0.138. The lowest BCUT2D eigenvalue weighted by atomic mass is 10.2. The second-order valence-corrected chi connectivity index (χ2v) is 8.14. The molecule has 7 nitrogen and oxygen atoms in total. The number of nitrogens with one attached hydrogen (secondary N) is 1. The lowest BCUT2D eigenvalue weighted by Crippen LogP contribution is -2.45. The van der Waals surface area contributed by atoms with E-state index in [-0.39, 0.29) is 18.4 Å². The molecule has 1 aliphatic heterocycles. The summed E-state index contributed by atoms with van der Waals surface area (Å²) in [6.45, 7) is 2.44. The monoisotopic (exact) mass is 437 g/mol. The van der Waals surface area contributed by atoms with Crippen molar-refractivity contribution < 1.29 is 19.1 Å². The maximum Gasteiger partial charge on any atom is 0.261 e. The number of likely N-dealkylation sites (tertiary alicyclic amines) is 1. The fourth-order valence-corrected chi connectivity index (χ4v) is 3.92. The SMILES string of the molecule is Cc1ccc(Oc2ccc(OCC(=O)N3CCCC3C(=O)Nc3nccs3)cc2)cc1. The second-order valence-electron chi connectivity index (χ2n) is 7.25. The Morgan fingerprint density at radius 2 is 1.77 bits per heavy atom. The molecule has 4 rings (SSSR count). The predicted octanol–water partition coefficient (Wildman–Crippen LogP) is 4.25. The highest BCUT2D eigenvalue weighted by Crippen LogP contribution is 2.25. The van der Waals surface area contributed by atoms with Gasteiger partial charge in [-0.05, 0) is 56.2 Å². The molecule has 31 heavy (non-hydrogen) atoms. The Balaban J connectivity index is 1.29. The van der Waals surface area contributed by atoms with Crippen molar-refractivity contribution >= 4 is 28.3 Å². The maximum atomic E-state index is 12.7. The summed E-state index contributed by atoms with van der Waals surface area (Å²) in [5, 5.41) is 5.10. The van der Waals surface area contributed by atoms with E-state index in [0.717, 1.165) is 12.2 Å². The van der Waals surface area contributed by atoms with E-state index in [4.69, 9.17) is 9.47 Å². The molecule has 1 saturated heterocycles. The van der Waals surface area contributed by atoms with Crippen molar-refractivity contribution in [1.82, 2.24) is 9.88 Å². The Bertz CT molecular complexity index is 1020. The van der Waals surface area contributed by atoms with Crippen LogP contribution in [0.5, 0.6) is 17.2 Å². The second kappa shape index (κ2) is 9.61. The first-order chi connectivity index (χ1) is 15.1. The van der Waals surface area contributed by atoms with Gasteiger partial charge in [-0.1, -0.05) is 17.7 Å². The van der Waals surface area contributed by atoms with Gasteiger partial charge >= 0.3 is 0 Å². The van der Waals surface area contributed by atoms with Gasteiger partial charge in [-0.3, -0.25) is 9.59 Å². The third-order valence-corrected chi connectivity index (χ3v) is 5.67. The molecule has 2 amide bonds. The van der Waals surface area contributed by atoms with Crippen molar-refractivity contribution in [2.24, 2.45) is 0 Å². The molecule has 160 valence electrons. The molecule has 1 aliphatic rings. The molecular weight excluding hydrogens is 414 g/mol. The van der Waals surface area contributed by atoms with Gasteiger partial charge in [0, 0.05) is 18.1 Å². The molecule has 1 atom stereocenters. The number of hydrogen-bond donors (Lipinski definition) is 1. The van der Waals surface area contributed by atoms with Crippen LogP contribution in [0, 0.1) is 6.92 Å². The van der Waals surface area contributed by atoms with Crippen LogP contribution in [0.2, 0.25) is 0 Å². The number of thiazole rings is 1. The zero-order valence-electron chi connectivity index (χ0n) is 17.1. The molecule has 0 spiro atoms. The van der Waals surface area contributed by atoms with E-state index >= 15 is 0 Å². The summed E-state index contributed by atoms with van der Waals surface area (Å²) in [5.41, 5.74) is 1.17. The first-order valence-corrected chi connectivity index (χ1v) is 10.9. The minimum atomic E-state index is -0.495. The Hall–Kier alpha value is -3.39. The first-order valence-electron chi connectivity index (χ1n) is 10.1. The van der Waals surface area contributed by atoms with Crippen LogP contribution in [0.1, 0.15) is 18.4 Å². The number of aromatic nitrogens is 1. The van der Waals surface area contributed by atoms with Crippen molar-refractivity contribution in [3.05, 3.63) is 65.7 Å². The van der Waals surface area contributed by atoms with Crippen molar-refractivity contribution in [3.63, 3.8) is 0 Å². The first kappa shape index (κ1) is 20.9. The van der Waals surface area contributed by atoms with Gasteiger partial charge in [-0.25, -0.2) is 4.98 Å². The summed E-state index contributed by atoms with van der Waals surface area (Å²) in [7, 11) is 0. The van der Waals surface area contributed by atoms with Crippen molar-refractivity contribution in [2.45, 2.75) is 25.8 Å². The number of amides is 2. The highest BCUT2D eigenvalue weighted by atomic mass is 32.1. The van der Waals surface area contributed by atoms with Crippen LogP contribution in [-0.2, 0) is 9.59 Å². The van der Waals surface area contributed by atoms with Gasteiger partial charge in [0.15, 0.2) is 11.7 Å². The molecule has 0 saturated carbocycles. The predicted molar refractivity (Wildman–Crippen MR) is 119 cm³/mol. The van der Waals surface area contributed by atoms with Crippen LogP contribution in [0.3, 0.4) is 0 Å². The van der Waals surface area contributed by atoms with Crippen LogP contribution in [0.15, 0.2) is 60.1 Å². The van der Waals surface area contributed by atoms with Crippen molar-refractivity contribution in [1.29, 1.82) is 0 Å². The molecule has 1 unspecified atom stereocenters. The van der Waals surface area contributed by atoms with Crippen molar-refractivity contribution in [3.8, 4) is 17.2 Å². The average Bonchev–Trinajstić information content (AvgIpc) is 3.47. The minimum absolute atomic E-state index is 0.126. The van der Waals surface area contributed by atoms with E-state index in [1.807, 2.05) is 31.2 Å². The standard InChI is InChI=1S/C23H23N3O4S/c1-16-4-6-18(7-5-16)30-19-10-8-17(9-11-19)29-15-21(27)26-13-2-3-20(26)22(28)25-23-24-12-14-31-23/h4-12,14,20H,2-3,13,15H2,1H3,(H,24,25,28). The summed E-state index contributed by atoms with van der Waals surface area (Å²) in [6.07, 6.45) is 3.05. The number of rotatable bonds is 7. The number of carbonyl (C=O) groups is 2. The number of aryl methyl sites for hydroxylation is 1. The molecule has 3 aromatic rings. The van der Waals surface area contributed by atoms with Gasteiger partial charge < -0.3 is 19.7 Å².